The standard InChI is InChI=1S/C16H16BrFO2/c1-11-4-3-5-12(9-17)16(11)20-10-13-6-7-14(19-2)8-15(13)18/h3-8H,9-10H2,1-2H3. The zero-order chi connectivity index (χ0) is 14.5. The number of methoxy groups -OCH3 is 1. The molecule has 2 nitrogen and oxygen atoms in total. The molecule has 0 fully saturated rings. The lowest BCUT2D eigenvalue weighted by Crippen LogP contribution is -2.02. The summed E-state index contributed by atoms with van der Waals surface area (Å²) in [4.78, 5) is 0. The zero-order valence-corrected chi connectivity index (χ0v) is 13.0. The summed E-state index contributed by atoms with van der Waals surface area (Å²) >= 11 is 3.43. The molecule has 20 heavy (non-hydrogen) atoms. The molecule has 0 aliphatic rings. The number of hydrogen-bond donors (Lipinski definition) is 0. The van der Waals surface area contributed by atoms with Gasteiger partial charge in [-0.1, -0.05) is 34.1 Å². The van der Waals surface area contributed by atoms with E-state index in [1.54, 1.807) is 12.1 Å². The van der Waals surface area contributed by atoms with Gasteiger partial charge in [-0.05, 0) is 24.6 Å². The highest BCUT2D eigenvalue weighted by atomic mass is 79.9. The molecule has 0 N–H and O–H groups in total. The lowest BCUT2D eigenvalue weighted by molar-refractivity contribution is 0.295. The monoisotopic (exact) mass is 338 g/mol. The summed E-state index contributed by atoms with van der Waals surface area (Å²) in [5.74, 6) is 0.987. The van der Waals surface area contributed by atoms with Gasteiger partial charge >= 0.3 is 0 Å². The molecular weight excluding hydrogens is 323 g/mol. The van der Waals surface area contributed by atoms with Crippen LogP contribution in [0.25, 0.3) is 0 Å². The first-order valence-electron chi connectivity index (χ1n) is 6.25. The van der Waals surface area contributed by atoms with E-state index in [0.717, 1.165) is 16.9 Å². The van der Waals surface area contributed by atoms with Gasteiger partial charge in [0, 0.05) is 22.5 Å². The van der Waals surface area contributed by atoms with Gasteiger partial charge in [0.25, 0.3) is 0 Å². The van der Waals surface area contributed by atoms with Crippen LogP contribution in [0.5, 0.6) is 11.5 Å². The van der Waals surface area contributed by atoms with Crippen molar-refractivity contribution in [2.45, 2.75) is 18.9 Å². The van der Waals surface area contributed by atoms with Gasteiger partial charge in [0.2, 0.25) is 0 Å². The smallest absolute Gasteiger partial charge is 0.133 e. The van der Waals surface area contributed by atoms with Gasteiger partial charge in [-0.25, -0.2) is 4.39 Å². The fourth-order valence-corrected chi connectivity index (χ4v) is 2.39. The third kappa shape index (κ3) is 3.31. The average molecular weight is 339 g/mol. The molecule has 106 valence electrons. The van der Waals surface area contributed by atoms with Crippen LogP contribution in [-0.2, 0) is 11.9 Å². The minimum Gasteiger partial charge on any atom is -0.497 e. The van der Waals surface area contributed by atoms with E-state index < -0.39 is 0 Å². The van der Waals surface area contributed by atoms with Gasteiger partial charge in [0.1, 0.15) is 23.9 Å². The predicted octanol–water partition coefficient (Wildman–Crippen LogP) is 4.62. The van der Waals surface area contributed by atoms with Crippen molar-refractivity contribution < 1.29 is 13.9 Å². The average Bonchev–Trinajstić information content (AvgIpc) is 2.46. The molecule has 2 aromatic carbocycles. The molecule has 0 amide bonds. The van der Waals surface area contributed by atoms with Gasteiger partial charge in [0.15, 0.2) is 0 Å². The van der Waals surface area contributed by atoms with Crippen molar-refractivity contribution in [3.8, 4) is 11.5 Å². The first-order valence-corrected chi connectivity index (χ1v) is 7.37. The number of ether oxygens (including phenoxy) is 2. The molecule has 0 saturated carbocycles. The highest BCUT2D eigenvalue weighted by Gasteiger charge is 2.09. The fraction of sp³-hybridized carbons (Fsp3) is 0.250. The fourth-order valence-electron chi connectivity index (χ4n) is 1.95. The van der Waals surface area contributed by atoms with E-state index in [9.17, 15) is 4.39 Å². The van der Waals surface area contributed by atoms with E-state index >= 15 is 0 Å². The molecule has 0 heterocycles. The Balaban J connectivity index is 2.17. The van der Waals surface area contributed by atoms with Crippen molar-refractivity contribution in [3.63, 3.8) is 0 Å². The predicted molar refractivity (Wildman–Crippen MR) is 81.1 cm³/mol. The molecule has 0 spiro atoms. The highest BCUT2D eigenvalue weighted by Crippen LogP contribution is 2.27. The molecule has 0 radical (unpaired) electrons. The Bertz CT molecular complexity index is 599. The van der Waals surface area contributed by atoms with Gasteiger partial charge in [-0.2, -0.15) is 0 Å². The van der Waals surface area contributed by atoms with Crippen LogP contribution >= 0.6 is 15.9 Å². The van der Waals surface area contributed by atoms with Crippen LogP contribution in [-0.4, -0.2) is 7.11 Å². The molecule has 4 heteroatoms. The van der Waals surface area contributed by atoms with E-state index in [1.165, 1.54) is 13.2 Å². The molecule has 0 aliphatic heterocycles. The van der Waals surface area contributed by atoms with Crippen molar-refractivity contribution in [1.29, 1.82) is 0 Å². The van der Waals surface area contributed by atoms with Gasteiger partial charge in [0.05, 0.1) is 7.11 Å². The molecule has 0 unspecified atom stereocenters. The first kappa shape index (κ1) is 14.9. The second-order valence-electron chi connectivity index (χ2n) is 4.44. The minimum absolute atomic E-state index is 0.195. The van der Waals surface area contributed by atoms with Crippen molar-refractivity contribution in [3.05, 3.63) is 58.9 Å². The Morgan fingerprint density at radius 2 is 1.95 bits per heavy atom. The lowest BCUT2D eigenvalue weighted by Gasteiger charge is -2.13. The van der Waals surface area contributed by atoms with Crippen LogP contribution < -0.4 is 9.47 Å². The summed E-state index contributed by atoms with van der Waals surface area (Å²) < 4.78 is 24.6. The van der Waals surface area contributed by atoms with E-state index in [2.05, 4.69) is 15.9 Å². The maximum atomic E-state index is 13.9. The number of halogens is 2. The molecule has 0 bridgehead atoms. The van der Waals surface area contributed by atoms with Gasteiger partial charge < -0.3 is 9.47 Å². The second kappa shape index (κ2) is 6.75. The number of benzene rings is 2. The Morgan fingerprint density at radius 3 is 2.60 bits per heavy atom. The third-order valence-corrected chi connectivity index (χ3v) is 3.67. The molecule has 2 rings (SSSR count). The SMILES string of the molecule is COc1ccc(COc2c(C)cccc2CBr)c(F)c1. The second-order valence-corrected chi connectivity index (χ2v) is 5.00. The molecule has 0 aromatic heterocycles. The zero-order valence-electron chi connectivity index (χ0n) is 11.5. The summed E-state index contributed by atoms with van der Waals surface area (Å²) in [5.41, 5.74) is 2.60. The Hall–Kier alpha value is -1.55. The summed E-state index contributed by atoms with van der Waals surface area (Å²) in [7, 11) is 1.51. The van der Waals surface area contributed by atoms with Crippen molar-refractivity contribution in [1.82, 2.24) is 0 Å². The normalized spacial score (nSPS) is 10.4. The highest BCUT2D eigenvalue weighted by molar-refractivity contribution is 9.08. The first-order chi connectivity index (χ1) is 9.65. The summed E-state index contributed by atoms with van der Waals surface area (Å²) in [6.45, 7) is 2.17. The summed E-state index contributed by atoms with van der Waals surface area (Å²) in [5, 5.41) is 0.703. The Morgan fingerprint density at radius 1 is 1.15 bits per heavy atom. The molecule has 0 saturated heterocycles. The van der Waals surface area contributed by atoms with Crippen LogP contribution in [0, 0.1) is 12.7 Å². The molecule has 0 aliphatic carbocycles. The van der Waals surface area contributed by atoms with Crippen LogP contribution in [0.4, 0.5) is 4.39 Å². The van der Waals surface area contributed by atoms with Crippen LogP contribution in [0.15, 0.2) is 36.4 Å². The largest absolute Gasteiger partial charge is 0.497 e. The third-order valence-electron chi connectivity index (χ3n) is 3.07. The summed E-state index contributed by atoms with van der Waals surface area (Å²) in [6.07, 6.45) is 0. The lowest BCUT2D eigenvalue weighted by atomic mass is 10.1. The topological polar surface area (TPSA) is 18.5 Å². The van der Waals surface area contributed by atoms with Gasteiger partial charge in [-0.3, -0.25) is 0 Å². The molecular formula is C16H16BrFO2. The number of aryl methyl sites for hydroxylation is 1. The summed E-state index contributed by atoms with van der Waals surface area (Å²) in [6, 6.07) is 10.7. The van der Waals surface area contributed by atoms with E-state index in [1.807, 2.05) is 25.1 Å². The van der Waals surface area contributed by atoms with E-state index in [-0.39, 0.29) is 12.4 Å². The minimum atomic E-state index is -0.321. The number of para-hydroxylation sites is 1. The van der Waals surface area contributed by atoms with Crippen LogP contribution in [0.1, 0.15) is 16.7 Å². The van der Waals surface area contributed by atoms with E-state index in [4.69, 9.17) is 9.47 Å². The Labute approximate surface area is 126 Å². The van der Waals surface area contributed by atoms with Crippen molar-refractivity contribution in [2.24, 2.45) is 0 Å². The Kier molecular flexibility index (Phi) is 5.01. The number of rotatable bonds is 5. The van der Waals surface area contributed by atoms with Gasteiger partial charge in [-0.15, -0.1) is 0 Å². The van der Waals surface area contributed by atoms with E-state index in [0.29, 0.717) is 16.6 Å². The quantitative estimate of drug-likeness (QED) is 0.741. The van der Waals surface area contributed by atoms with Crippen LogP contribution in [0.2, 0.25) is 0 Å². The number of alkyl halides is 1. The van der Waals surface area contributed by atoms with Crippen molar-refractivity contribution >= 4 is 15.9 Å². The molecule has 0 atom stereocenters. The van der Waals surface area contributed by atoms with Crippen LogP contribution in [0.3, 0.4) is 0 Å². The molecule has 2 aromatic rings. The maximum absolute atomic E-state index is 13.9. The van der Waals surface area contributed by atoms with Crippen molar-refractivity contribution in [2.75, 3.05) is 7.11 Å². The maximum Gasteiger partial charge on any atom is 0.133 e. The number of hydrogen-bond acceptors (Lipinski definition) is 2.